The normalized spacial score (nSPS) is 10.6. The molecule has 0 saturated carbocycles. The topological polar surface area (TPSA) is 34.1 Å². The van der Waals surface area contributed by atoms with Gasteiger partial charge < -0.3 is 10.1 Å². The molecule has 0 spiro atoms. The lowest BCUT2D eigenvalue weighted by molar-refractivity contribution is 0.412. The molecule has 0 amide bonds. The highest BCUT2D eigenvalue weighted by Crippen LogP contribution is 2.13. The van der Waals surface area contributed by atoms with E-state index in [9.17, 15) is 0 Å². The number of halogens is 1. The smallest absolute Gasteiger partial charge is 0.122 e. The fraction of sp³-hybridized carbons (Fsp3) is 0.643. The van der Waals surface area contributed by atoms with Crippen LogP contribution in [0, 0.1) is 6.92 Å². The van der Waals surface area contributed by atoms with E-state index in [0.717, 1.165) is 42.5 Å². The average molecular weight is 271 g/mol. The van der Waals surface area contributed by atoms with Crippen molar-refractivity contribution in [2.45, 2.75) is 39.2 Å². The van der Waals surface area contributed by atoms with Gasteiger partial charge >= 0.3 is 0 Å². The van der Waals surface area contributed by atoms with Gasteiger partial charge in [-0.15, -0.1) is 11.6 Å². The largest absolute Gasteiger partial charge is 0.497 e. The highest BCUT2D eigenvalue weighted by molar-refractivity contribution is 6.17. The monoisotopic (exact) mass is 270 g/mol. The molecule has 0 bridgehead atoms. The fourth-order valence-corrected chi connectivity index (χ4v) is 2.01. The molecule has 0 aromatic carbocycles. The third-order valence-electron chi connectivity index (χ3n) is 2.76. The Kier molecular flexibility index (Phi) is 7.78. The number of pyridine rings is 1. The molecule has 1 aromatic heterocycles. The Morgan fingerprint density at radius 1 is 1.22 bits per heavy atom. The Morgan fingerprint density at radius 3 is 2.72 bits per heavy atom. The van der Waals surface area contributed by atoms with Gasteiger partial charge in [0.1, 0.15) is 5.75 Å². The van der Waals surface area contributed by atoms with Gasteiger partial charge in [0.15, 0.2) is 0 Å². The van der Waals surface area contributed by atoms with E-state index < -0.39 is 0 Å². The summed E-state index contributed by atoms with van der Waals surface area (Å²) in [5.41, 5.74) is 2.03. The van der Waals surface area contributed by atoms with Crippen LogP contribution >= 0.6 is 11.6 Å². The zero-order valence-corrected chi connectivity index (χ0v) is 12.1. The summed E-state index contributed by atoms with van der Waals surface area (Å²) in [5, 5.41) is 3.41. The molecule has 0 radical (unpaired) electrons. The van der Waals surface area contributed by atoms with Crippen LogP contribution in [0.4, 0.5) is 0 Å². The van der Waals surface area contributed by atoms with Crippen LogP contribution in [-0.2, 0) is 6.54 Å². The van der Waals surface area contributed by atoms with Crippen LogP contribution < -0.4 is 10.1 Å². The van der Waals surface area contributed by atoms with Gasteiger partial charge in [0.05, 0.1) is 12.8 Å². The molecule has 0 saturated heterocycles. The molecule has 4 heteroatoms. The number of aromatic nitrogens is 1. The third-order valence-corrected chi connectivity index (χ3v) is 3.03. The number of alkyl halides is 1. The summed E-state index contributed by atoms with van der Waals surface area (Å²) in [5.74, 6) is 1.65. The second kappa shape index (κ2) is 9.17. The number of rotatable bonds is 9. The van der Waals surface area contributed by atoms with E-state index in [2.05, 4.69) is 10.3 Å². The van der Waals surface area contributed by atoms with Crippen molar-refractivity contribution in [2.75, 3.05) is 19.5 Å². The molecule has 0 aliphatic rings. The summed E-state index contributed by atoms with van der Waals surface area (Å²) in [4.78, 5) is 4.47. The van der Waals surface area contributed by atoms with Crippen molar-refractivity contribution >= 4 is 11.6 Å². The van der Waals surface area contributed by atoms with E-state index >= 15 is 0 Å². The zero-order valence-electron chi connectivity index (χ0n) is 11.3. The number of methoxy groups -OCH3 is 1. The first kappa shape index (κ1) is 15.3. The summed E-state index contributed by atoms with van der Waals surface area (Å²) < 4.78 is 5.23. The molecular formula is C14H23ClN2O. The summed E-state index contributed by atoms with van der Waals surface area (Å²) in [7, 11) is 1.68. The molecule has 1 rings (SSSR count). The SMILES string of the molecule is COc1cc(C)nc(CNCCCCCCCl)c1. The van der Waals surface area contributed by atoms with Gasteiger partial charge in [0.2, 0.25) is 0 Å². The van der Waals surface area contributed by atoms with E-state index in [4.69, 9.17) is 16.3 Å². The number of unbranched alkanes of at least 4 members (excludes halogenated alkanes) is 3. The van der Waals surface area contributed by atoms with Crippen molar-refractivity contribution in [3.63, 3.8) is 0 Å². The minimum absolute atomic E-state index is 0.778. The maximum Gasteiger partial charge on any atom is 0.122 e. The lowest BCUT2D eigenvalue weighted by atomic mass is 10.2. The van der Waals surface area contributed by atoms with Gasteiger partial charge in [-0.05, 0) is 26.3 Å². The first-order valence-corrected chi connectivity index (χ1v) is 7.08. The van der Waals surface area contributed by atoms with Crippen molar-refractivity contribution in [2.24, 2.45) is 0 Å². The first-order valence-electron chi connectivity index (χ1n) is 6.54. The van der Waals surface area contributed by atoms with Crippen LogP contribution in [0.15, 0.2) is 12.1 Å². The van der Waals surface area contributed by atoms with Crippen molar-refractivity contribution in [3.05, 3.63) is 23.5 Å². The van der Waals surface area contributed by atoms with Gasteiger partial charge in [-0.1, -0.05) is 12.8 Å². The number of hydrogen-bond donors (Lipinski definition) is 1. The minimum Gasteiger partial charge on any atom is -0.497 e. The number of hydrogen-bond acceptors (Lipinski definition) is 3. The van der Waals surface area contributed by atoms with Crippen molar-refractivity contribution < 1.29 is 4.74 Å². The average Bonchev–Trinajstić information content (AvgIpc) is 2.37. The predicted molar refractivity (Wildman–Crippen MR) is 76.4 cm³/mol. The van der Waals surface area contributed by atoms with Crippen molar-refractivity contribution in [1.82, 2.24) is 10.3 Å². The summed E-state index contributed by atoms with van der Waals surface area (Å²) in [6.07, 6.45) is 4.78. The first-order chi connectivity index (χ1) is 8.76. The second-order valence-corrected chi connectivity index (χ2v) is 4.80. The highest BCUT2D eigenvalue weighted by Gasteiger charge is 2.00. The maximum atomic E-state index is 5.63. The zero-order chi connectivity index (χ0) is 13.2. The summed E-state index contributed by atoms with van der Waals surface area (Å²) in [6.45, 7) is 3.81. The quantitative estimate of drug-likeness (QED) is 0.552. The molecule has 0 unspecified atom stereocenters. The van der Waals surface area contributed by atoms with Gasteiger partial charge in [-0.2, -0.15) is 0 Å². The second-order valence-electron chi connectivity index (χ2n) is 4.42. The molecule has 0 aliphatic heterocycles. The molecule has 18 heavy (non-hydrogen) atoms. The third kappa shape index (κ3) is 6.22. The molecule has 3 nitrogen and oxygen atoms in total. The Balaban J connectivity index is 2.20. The number of ether oxygens (including phenoxy) is 1. The lowest BCUT2D eigenvalue weighted by Gasteiger charge is -2.07. The molecule has 0 fully saturated rings. The predicted octanol–water partition coefficient (Wildman–Crippen LogP) is 3.29. The van der Waals surface area contributed by atoms with Gasteiger partial charge in [-0.25, -0.2) is 0 Å². The van der Waals surface area contributed by atoms with Crippen LogP contribution in [0.2, 0.25) is 0 Å². The van der Waals surface area contributed by atoms with Gasteiger partial charge in [0, 0.05) is 30.3 Å². The van der Waals surface area contributed by atoms with E-state index in [1.807, 2.05) is 19.1 Å². The Labute approximate surface area is 115 Å². The molecule has 1 heterocycles. The summed E-state index contributed by atoms with van der Waals surface area (Å²) in [6, 6.07) is 3.92. The van der Waals surface area contributed by atoms with Crippen LogP contribution in [-0.4, -0.2) is 24.5 Å². The number of nitrogens with one attached hydrogen (secondary N) is 1. The van der Waals surface area contributed by atoms with E-state index in [0.29, 0.717) is 0 Å². The van der Waals surface area contributed by atoms with Crippen LogP contribution in [0.5, 0.6) is 5.75 Å². The Hall–Kier alpha value is -0.800. The van der Waals surface area contributed by atoms with Gasteiger partial charge in [0.25, 0.3) is 0 Å². The fourth-order valence-electron chi connectivity index (χ4n) is 1.83. The molecule has 0 aliphatic carbocycles. The molecular weight excluding hydrogens is 248 g/mol. The maximum absolute atomic E-state index is 5.63. The molecule has 1 N–H and O–H groups in total. The Morgan fingerprint density at radius 2 is 2.00 bits per heavy atom. The number of aryl methyl sites for hydroxylation is 1. The highest BCUT2D eigenvalue weighted by atomic mass is 35.5. The number of nitrogens with zero attached hydrogens (tertiary/aromatic N) is 1. The minimum atomic E-state index is 0.778. The van der Waals surface area contributed by atoms with Crippen LogP contribution in [0.25, 0.3) is 0 Å². The Bertz CT molecular complexity index is 345. The van der Waals surface area contributed by atoms with Crippen LogP contribution in [0.1, 0.15) is 37.1 Å². The lowest BCUT2D eigenvalue weighted by Crippen LogP contribution is -2.15. The van der Waals surface area contributed by atoms with E-state index in [1.165, 1.54) is 19.3 Å². The standard InChI is InChI=1S/C14H23ClN2O/c1-12-9-14(18-2)10-13(17-12)11-16-8-6-4-3-5-7-15/h9-10,16H,3-8,11H2,1-2H3. The van der Waals surface area contributed by atoms with Crippen molar-refractivity contribution in [1.29, 1.82) is 0 Å². The summed E-state index contributed by atoms with van der Waals surface area (Å²) >= 11 is 5.63. The van der Waals surface area contributed by atoms with Crippen LogP contribution in [0.3, 0.4) is 0 Å². The van der Waals surface area contributed by atoms with Gasteiger partial charge in [-0.3, -0.25) is 4.98 Å². The molecule has 0 atom stereocenters. The van der Waals surface area contributed by atoms with E-state index in [1.54, 1.807) is 7.11 Å². The molecule has 1 aromatic rings. The van der Waals surface area contributed by atoms with E-state index in [-0.39, 0.29) is 0 Å². The molecule has 102 valence electrons. The van der Waals surface area contributed by atoms with Crippen molar-refractivity contribution in [3.8, 4) is 5.75 Å².